The summed E-state index contributed by atoms with van der Waals surface area (Å²) in [5, 5.41) is 2.66. The quantitative estimate of drug-likeness (QED) is 0.126. The fourth-order valence-electron chi connectivity index (χ4n) is 3.41. The lowest BCUT2D eigenvalue weighted by atomic mass is 9.99. The van der Waals surface area contributed by atoms with Crippen LogP contribution in [-0.4, -0.2) is 85.1 Å². The van der Waals surface area contributed by atoms with E-state index in [1.807, 2.05) is 0 Å². The molecule has 0 saturated carbocycles. The maximum Gasteiger partial charge on any atom is 0.462 e. The van der Waals surface area contributed by atoms with Crippen LogP contribution in [0, 0.1) is 0 Å². The number of benzene rings is 2. The Morgan fingerprint density at radius 1 is 0.418 bits per heavy atom. The third kappa shape index (κ3) is 8.36. The van der Waals surface area contributed by atoms with Gasteiger partial charge in [-0.15, -0.1) is 0 Å². The van der Waals surface area contributed by atoms with Gasteiger partial charge in [-0.25, -0.2) is 14.2 Å². The smallest absolute Gasteiger partial charge is 0.388 e. The zero-order chi connectivity index (χ0) is 43.4. The summed E-state index contributed by atoms with van der Waals surface area (Å²) >= 11 is 0. The zero-order valence-corrected chi connectivity index (χ0v) is 25.4. The minimum Gasteiger partial charge on any atom is -0.388 e. The molecule has 0 radical (unpaired) electrons. The summed E-state index contributed by atoms with van der Waals surface area (Å²) in [6, 6.07) is 6.31. The maximum atomic E-state index is 14.3. The number of rotatable bonds is 17. The van der Waals surface area contributed by atoms with E-state index in [2.05, 4.69) is 5.32 Å². The molecular weight excluding hydrogens is 843 g/mol. The van der Waals surface area contributed by atoms with Crippen molar-refractivity contribution < 1.29 is 125 Å². The van der Waals surface area contributed by atoms with E-state index in [1.54, 1.807) is 4.74 Å². The van der Waals surface area contributed by atoms with E-state index in [1.165, 1.54) is 31.3 Å². The van der Waals surface area contributed by atoms with Crippen molar-refractivity contribution in [2.75, 3.05) is 12.4 Å². The Morgan fingerprint density at radius 2 is 0.691 bits per heavy atom. The van der Waals surface area contributed by atoms with Crippen LogP contribution in [0.25, 0.3) is 0 Å². The van der Waals surface area contributed by atoms with Gasteiger partial charge in [-0.3, -0.25) is 9.59 Å². The molecule has 1 N–H and O–H groups in total. The highest BCUT2D eigenvalue weighted by Gasteiger charge is 2.86. The van der Waals surface area contributed by atoms with Crippen molar-refractivity contribution in [3.63, 3.8) is 0 Å². The topological polar surface area (TPSA) is 73.9 Å². The van der Waals surface area contributed by atoms with Gasteiger partial charge >= 0.3 is 66.5 Å². The Bertz CT molecular complexity index is 1710. The Hall–Kier alpha value is -4.15. The van der Waals surface area contributed by atoms with Crippen LogP contribution in [0.1, 0.15) is 26.3 Å². The molecule has 0 aromatic heterocycles. The van der Waals surface area contributed by atoms with E-state index >= 15 is 0 Å². The highest BCUT2D eigenvalue weighted by Crippen LogP contribution is 2.58. The van der Waals surface area contributed by atoms with Gasteiger partial charge in [0.25, 0.3) is 0 Å². The molecule has 0 atom stereocenters. The lowest BCUT2D eigenvalue weighted by Crippen LogP contribution is -2.66. The second kappa shape index (κ2) is 14.1. The largest absolute Gasteiger partial charge is 0.462 e. The first-order valence-electron chi connectivity index (χ1n) is 13.1. The first-order valence-corrected chi connectivity index (χ1v) is 13.1. The zero-order valence-electron chi connectivity index (χ0n) is 25.4. The molecule has 2 rings (SSSR count). The number of nitrogens with one attached hydrogen (secondary N) is 1. The summed E-state index contributed by atoms with van der Waals surface area (Å²) in [7, 11) is 1.48. The molecule has 29 heteroatoms. The van der Waals surface area contributed by atoms with Crippen molar-refractivity contribution in [2.45, 2.75) is 66.5 Å². The molecule has 0 aliphatic carbocycles. The molecule has 0 aliphatic rings. The molecule has 0 fully saturated rings. The first-order chi connectivity index (χ1) is 24.2. The normalized spacial score (nSPS) is 14.9. The molecule has 0 saturated heterocycles. The predicted octanol–water partition coefficient (Wildman–Crippen LogP) is 9.85. The molecular formula is C26H12F23NO5. The lowest BCUT2D eigenvalue weighted by Gasteiger charge is -2.39. The van der Waals surface area contributed by atoms with Gasteiger partial charge in [0.05, 0.1) is 0 Å². The van der Waals surface area contributed by atoms with Gasteiger partial charge in [0.15, 0.2) is 5.78 Å². The first kappa shape index (κ1) is 47.0. The SMILES string of the molecule is CNc1ccc(C(=O)c2ccc(C(=O)C(F)(F)C(F)(F)OC(F)(F)C(F)(F)C(F)(F)OC(F)(F)C(F)(F)C(F)(F)OC(F)(F)C(F)(F)C(F)(F)F)cc2)cc1. The predicted molar refractivity (Wildman–Crippen MR) is 129 cm³/mol. The van der Waals surface area contributed by atoms with Crippen molar-refractivity contribution in [2.24, 2.45) is 0 Å². The Balaban J connectivity index is 2.37. The fraction of sp³-hybridized carbons (Fsp3) is 0.462. The Kier molecular flexibility index (Phi) is 12.1. The van der Waals surface area contributed by atoms with Gasteiger partial charge in [0.1, 0.15) is 0 Å². The molecule has 2 aromatic rings. The molecule has 2 aromatic carbocycles. The molecule has 0 spiro atoms. The van der Waals surface area contributed by atoms with Crippen LogP contribution < -0.4 is 5.32 Å². The molecule has 6 nitrogen and oxygen atoms in total. The Labute approximate surface area is 287 Å². The molecule has 0 unspecified atom stereocenters. The summed E-state index contributed by atoms with van der Waals surface area (Å²) in [6.45, 7) is 0. The minimum atomic E-state index is -8.61. The van der Waals surface area contributed by atoms with Crippen LogP contribution in [0.15, 0.2) is 48.5 Å². The summed E-state index contributed by atoms with van der Waals surface area (Å²) < 4.78 is 313. The molecule has 0 heterocycles. The molecule has 55 heavy (non-hydrogen) atoms. The number of carbonyl (C=O) groups excluding carboxylic acids is 2. The molecule has 0 amide bonds. The second-order valence-electron chi connectivity index (χ2n) is 10.3. The van der Waals surface area contributed by atoms with E-state index in [0.29, 0.717) is 17.8 Å². The van der Waals surface area contributed by atoms with Crippen molar-refractivity contribution in [3.8, 4) is 0 Å². The van der Waals surface area contributed by atoms with Crippen molar-refractivity contribution >= 4 is 17.3 Å². The van der Waals surface area contributed by atoms with Gasteiger partial charge in [-0.2, -0.15) is 101 Å². The monoisotopic (exact) mass is 855 g/mol. The van der Waals surface area contributed by atoms with Gasteiger partial charge < -0.3 is 5.32 Å². The van der Waals surface area contributed by atoms with Crippen molar-refractivity contribution in [1.82, 2.24) is 0 Å². The van der Waals surface area contributed by atoms with Crippen LogP contribution >= 0.6 is 0 Å². The van der Waals surface area contributed by atoms with E-state index < -0.39 is 89.2 Å². The number of Topliss-reactive ketones (excluding diaryl/α,β-unsaturated/α-hetero) is 1. The number of ketones is 2. The number of alkyl halides is 23. The van der Waals surface area contributed by atoms with Gasteiger partial charge in [0.2, 0.25) is 5.78 Å². The number of anilines is 1. The van der Waals surface area contributed by atoms with Gasteiger partial charge in [-0.1, -0.05) is 24.3 Å². The Morgan fingerprint density at radius 3 is 1.00 bits per heavy atom. The van der Waals surface area contributed by atoms with Crippen LogP contribution in [-0.2, 0) is 14.2 Å². The summed E-state index contributed by atoms with van der Waals surface area (Å²) in [5.74, 6) is -36.3. The van der Waals surface area contributed by atoms with E-state index in [0.717, 1.165) is 9.47 Å². The van der Waals surface area contributed by atoms with Crippen LogP contribution in [0.3, 0.4) is 0 Å². The van der Waals surface area contributed by atoms with Crippen molar-refractivity contribution in [1.29, 1.82) is 0 Å². The number of hydrogen-bond acceptors (Lipinski definition) is 6. The average Bonchev–Trinajstić information content (AvgIpc) is 3.01. The summed E-state index contributed by atoms with van der Waals surface area (Å²) in [6.07, 6.45) is -56.7. The lowest BCUT2D eigenvalue weighted by molar-refractivity contribution is -0.558. The van der Waals surface area contributed by atoms with E-state index in [9.17, 15) is 111 Å². The summed E-state index contributed by atoms with van der Waals surface area (Å²) in [4.78, 5) is 24.5. The van der Waals surface area contributed by atoms with Gasteiger partial charge in [-0.05, 0) is 24.3 Å². The van der Waals surface area contributed by atoms with Crippen LogP contribution in [0.4, 0.5) is 107 Å². The fourth-order valence-corrected chi connectivity index (χ4v) is 3.41. The number of halogens is 23. The average molecular weight is 855 g/mol. The van der Waals surface area contributed by atoms with Crippen LogP contribution in [0.2, 0.25) is 0 Å². The molecule has 0 aliphatic heterocycles. The molecule has 312 valence electrons. The van der Waals surface area contributed by atoms with E-state index in [4.69, 9.17) is 0 Å². The van der Waals surface area contributed by atoms with Gasteiger partial charge in [0, 0.05) is 29.4 Å². The van der Waals surface area contributed by atoms with E-state index in [-0.39, 0.29) is 17.7 Å². The van der Waals surface area contributed by atoms with Crippen LogP contribution in [0.5, 0.6) is 0 Å². The number of carbonyl (C=O) groups is 2. The third-order valence-corrected chi connectivity index (χ3v) is 6.45. The molecule has 0 bridgehead atoms. The van der Waals surface area contributed by atoms with Crippen molar-refractivity contribution in [3.05, 3.63) is 65.2 Å². The maximum absolute atomic E-state index is 14.3. The second-order valence-corrected chi connectivity index (χ2v) is 10.3. The third-order valence-electron chi connectivity index (χ3n) is 6.45. The number of hydrogen-bond donors (Lipinski definition) is 1. The number of ether oxygens (including phenoxy) is 3. The highest BCUT2D eigenvalue weighted by atomic mass is 19.4. The summed E-state index contributed by atoms with van der Waals surface area (Å²) in [5.41, 5.74) is -1.80. The standard InChI is InChI=1S/C26H12F23NO5/c1-50-13-8-6-11(7-9-13)14(51)10-2-4-12(5-3-10)15(52)16(27,28)21(38,39)53-23(42,43)18(31,32)25(46,47)55-26(48,49)19(33,34)24(44,45)54-22(40,41)17(29,30)20(35,36)37/h2-9,50H,1H3. The minimum absolute atomic E-state index is 0.108. The highest BCUT2D eigenvalue weighted by molar-refractivity contribution is 6.10.